The van der Waals surface area contributed by atoms with Crippen LogP contribution in [0.3, 0.4) is 0 Å². The summed E-state index contributed by atoms with van der Waals surface area (Å²) in [5.41, 5.74) is -1.72. The highest BCUT2D eigenvalue weighted by Crippen LogP contribution is 2.40. The maximum absolute atomic E-state index is 12.0. The summed E-state index contributed by atoms with van der Waals surface area (Å²) in [5, 5.41) is 10.8. The van der Waals surface area contributed by atoms with Crippen LogP contribution in [0, 0.1) is 5.41 Å². The summed E-state index contributed by atoms with van der Waals surface area (Å²) in [7, 11) is 0. The van der Waals surface area contributed by atoms with Crippen LogP contribution in [0.1, 0.15) is 40.2 Å². The van der Waals surface area contributed by atoms with E-state index in [2.05, 4.69) is 0 Å². The standard InChI is InChI=1S/C16H24O4/c1-6-19-13-10-8-12(9-11-13)16(5,18)15(3,4)14(17)20-7-2/h8-11,18H,6-7H2,1-5H3. The lowest BCUT2D eigenvalue weighted by Crippen LogP contribution is -2.46. The van der Waals surface area contributed by atoms with Crippen molar-refractivity contribution >= 4 is 5.97 Å². The second kappa shape index (κ2) is 6.27. The normalized spacial score (nSPS) is 14.5. The van der Waals surface area contributed by atoms with E-state index in [0.29, 0.717) is 18.8 Å². The Hall–Kier alpha value is -1.55. The minimum atomic E-state index is -1.33. The SMILES string of the molecule is CCOC(=O)C(C)(C)C(C)(O)c1ccc(OCC)cc1. The fraction of sp³-hybridized carbons (Fsp3) is 0.562. The molecule has 0 aliphatic rings. The van der Waals surface area contributed by atoms with Crippen molar-refractivity contribution in [2.75, 3.05) is 13.2 Å². The molecule has 0 aromatic heterocycles. The lowest BCUT2D eigenvalue weighted by atomic mass is 9.72. The van der Waals surface area contributed by atoms with Gasteiger partial charge in [0.25, 0.3) is 0 Å². The van der Waals surface area contributed by atoms with E-state index in [4.69, 9.17) is 9.47 Å². The van der Waals surface area contributed by atoms with Crippen LogP contribution in [-0.2, 0) is 15.1 Å². The van der Waals surface area contributed by atoms with Gasteiger partial charge in [0.2, 0.25) is 0 Å². The first-order valence-corrected chi connectivity index (χ1v) is 6.90. The molecule has 0 saturated heterocycles. The van der Waals surface area contributed by atoms with E-state index < -0.39 is 17.0 Å². The first kappa shape index (κ1) is 16.5. The summed E-state index contributed by atoms with van der Waals surface area (Å²) in [4.78, 5) is 12.0. The number of ether oxygens (including phenoxy) is 2. The van der Waals surface area contributed by atoms with Crippen LogP contribution in [0.4, 0.5) is 0 Å². The number of aliphatic hydroxyl groups is 1. The van der Waals surface area contributed by atoms with Crippen LogP contribution in [0.5, 0.6) is 5.75 Å². The lowest BCUT2D eigenvalue weighted by molar-refractivity contribution is -0.170. The number of carbonyl (C=O) groups is 1. The molecule has 0 amide bonds. The predicted molar refractivity (Wildman–Crippen MR) is 77.6 cm³/mol. The molecule has 0 heterocycles. The van der Waals surface area contributed by atoms with Gasteiger partial charge in [-0.3, -0.25) is 4.79 Å². The highest BCUT2D eigenvalue weighted by molar-refractivity contribution is 5.77. The van der Waals surface area contributed by atoms with Crippen LogP contribution in [0.2, 0.25) is 0 Å². The van der Waals surface area contributed by atoms with Crippen LogP contribution in [-0.4, -0.2) is 24.3 Å². The second-order valence-corrected chi connectivity index (χ2v) is 5.38. The quantitative estimate of drug-likeness (QED) is 0.814. The lowest BCUT2D eigenvalue weighted by Gasteiger charge is -2.38. The van der Waals surface area contributed by atoms with Gasteiger partial charge >= 0.3 is 5.97 Å². The molecule has 1 atom stereocenters. The van der Waals surface area contributed by atoms with Gasteiger partial charge in [0.05, 0.1) is 18.6 Å². The van der Waals surface area contributed by atoms with E-state index in [1.807, 2.05) is 6.92 Å². The molecule has 0 saturated carbocycles. The Bertz CT molecular complexity index is 446. The highest BCUT2D eigenvalue weighted by atomic mass is 16.5. The predicted octanol–water partition coefficient (Wildman–Crippen LogP) is 2.88. The molecule has 0 spiro atoms. The number of esters is 1. The zero-order valence-electron chi connectivity index (χ0n) is 12.9. The second-order valence-electron chi connectivity index (χ2n) is 5.38. The highest BCUT2D eigenvalue weighted by Gasteiger charge is 2.47. The van der Waals surface area contributed by atoms with Crippen molar-refractivity contribution in [2.45, 2.75) is 40.2 Å². The van der Waals surface area contributed by atoms with Gasteiger partial charge in [-0.1, -0.05) is 12.1 Å². The average Bonchev–Trinajstić information content (AvgIpc) is 2.39. The number of carbonyl (C=O) groups excluding carboxylic acids is 1. The number of rotatable bonds is 6. The molecule has 1 aromatic carbocycles. The van der Waals surface area contributed by atoms with Crippen LogP contribution >= 0.6 is 0 Å². The zero-order chi connectivity index (χ0) is 15.4. The topological polar surface area (TPSA) is 55.8 Å². The largest absolute Gasteiger partial charge is 0.494 e. The summed E-state index contributed by atoms with van der Waals surface area (Å²) >= 11 is 0. The first-order valence-electron chi connectivity index (χ1n) is 6.90. The molecule has 0 aliphatic carbocycles. The Morgan fingerprint density at radius 3 is 2.10 bits per heavy atom. The van der Waals surface area contributed by atoms with E-state index >= 15 is 0 Å². The van der Waals surface area contributed by atoms with Gasteiger partial charge in [-0.05, 0) is 52.3 Å². The van der Waals surface area contributed by atoms with Gasteiger partial charge in [0, 0.05) is 0 Å². The number of hydrogen-bond acceptors (Lipinski definition) is 4. The monoisotopic (exact) mass is 280 g/mol. The molecule has 20 heavy (non-hydrogen) atoms. The van der Waals surface area contributed by atoms with E-state index in [-0.39, 0.29) is 0 Å². The molecule has 0 radical (unpaired) electrons. The van der Waals surface area contributed by atoms with Gasteiger partial charge in [0.15, 0.2) is 0 Å². The molecular formula is C16H24O4. The molecule has 0 bridgehead atoms. The van der Waals surface area contributed by atoms with E-state index in [1.165, 1.54) is 0 Å². The van der Waals surface area contributed by atoms with Crippen LogP contribution in [0.15, 0.2) is 24.3 Å². The Labute approximate surface area is 120 Å². The molecule has 1 rings (SSSR count). The third-order valence-corrected chi connectivity index (χ3v) is 3.73. The maximum Gasteiger partial charge on any atom is 0.314 e. The van der Waals surface area contributed by atoms with Crippen molar-refractivity contribution < 1.29 is 19.4 Å². The summed E-state index contributed by atoms with van der Waals surface area (Å²) in [6.45, 7) is 9.53. The fourth-order valence-corrected chi connectivity index (χ4v) is 1.91. The Morgan fingerprint density at radius 1 is 1.10 bits per heavy atom. The first-order chi connectivity index (χ1) is 9.27. The molecule has 112 valence electrons. The summed E-state index contributed by atoms with van der Waals surface area (Å²) < 4.78 is 10.4. The zero-order valence-corrected chi connectivity index (χ0v) is 12.9. The van der Waals surface area contributed by atoms with Gasteiger partial charge in [-0.2, -0.15) is 0 Å². The fourth-order valence-electron chi connectivity index (χ4n) is 1.91. The number of hydrogen-bond donors (Lipinski definition) is 1. The molecule has 1 N–H and O–H groups in total. The third kappa shape index (κ3) is 3.12. The van der Waals surface area contributed by atoms with E-state index in [9.17, 15) is 9.90 Å². The van der Waals surface area contributed by atoms with Gasteiger partial charge in [-0.25, -0.2) is 0 Å². The smallest absolute Gasteiger partial charge is 0.314 e. The summed E-state index contributed by atoms with van der Waals surface area (Å²) in [5.74, 6) is 0.319. The van der Waals surface area contributed by atoms with E-state index in [0.717, 1.165) is 5.75 Å². The molecule has 0 aliphatic heterocycles. The minimum absolute atomic E-state index is 0.293. The summed E-state index contributed by atoms with van der Waals surface area (Å²) in [6, 6.07) is 7.11. The van der Waals surface area contributed by atoms with Crippen molar-refractivity contribution in [3.63, 3.8) is 0 Å². The van der Waals surface area contributed by atoms with Crippen molar-refractivity contribution in [1.29, 1.82) is 0 Å². The van der Waals surface area contributed by atoms with Gasteiger partial charge < -0.3 is 14.6 Å². The van der Waals surface area contributed by atoms with Crippen molar-refractivity contribution in [3.8, 4) is 5.75 Å². The van der Waals surface area contributed by atoms with Crippen molar-refractivity contribution in [1.82, 2.24) is 0 Å². The molecule has 4 heteroatoms. The average molecular weight is 280 g/mol. The molecular weight excluding hydrogens is 256 g/mol. The molecule has 0 fully saturated rings. The maximum atomic E-state index is 12.0. The van der Waals surface area contributed by atoms with Gasteiger partial charge in [0.1, 0.15) is 11.4 Å². The molecule has 4 nitrogen and oxygen atoms in total. The van der Waals surface area contributed by atoms with Gasteiger partial charge in [-0.15, -0.1) is 0 Å². The number of benzene rings is 1. The Morgan fingerprint density at radius 2 is 1.65 bits per heavy atom. The molecule has 1 unspecified atom stereocenters. The molecule has 1 aromatic rings. The Balaban J connectivity index is 3.05. The van der Waals surface area contributed by atoms with Crippen LogP contribution < -0.4 is 4.74 Å². The third-order valence-electron chi connectivity index (χ3n) is 3.73. The summed E-state index contributed by atoms with van der Waals surface area (Å²) in [6.07, 6.45) is 0. The van der Waals surface area contributed by atoms with Crippen molar-refractivity contribution in [2.24, 2.45) is 5.41 Å². The van der Waals surface area contributed by atoms with Crippen LogP contribution in [0.25, 0.3) is 0 Å². The Kier molecular flexibility index (Phi) is 5.17. The minimum Gasteiger partial charge on any atom is -0.494 e. The van der Waals surface area contributed by atoms with E-state index in [1.54, 1.807) is 52.0 Å². The van der Waals surface area contributed by atoms with Crippen molar-refractivity contribution in [3.05, 3.63) is 29.8 Å².